The van der Waals surface area contributed by atoms with Crippen LogP contribution in [0.2, 0.25) is 0 Å². The van der Waals surface area contributed by atoms with Gasteiger partial charge >= 0.3 is 0 Å². The summed E-state index contributed by atoms with van der Waals surface area (Å²) >= 11 is 0. The number of methoxy groups -OCH3 is 1. The fourth-order valence-electron chi connectivity index (χ4n) is 1.92. The van der Waals surface area contributed by atoms with Gasteiger partial charge in [0, 0.05) is 7.11 Å². The predicted molar refractivity (Wildman–Crippen MR) is 53.7 cm³/mol. The molecule has 0 aromatic carbocycles. The second kappa shape index (κ2) is 4.77. The molecule has 13 heavy (non-hydrogen) atoms. The Morgan fingerprint density at radius 2 is 2.31 bits per heavy atom. The molecule has 1 unspecified atom stereocenters. The largest absolute Gasteiger partial charge is 0.383 e. The summed E-state index contributed by atoms with van der Waals surface area (Å²) < 4.78 is 5.06. The van der Waals surface area contributed by atoms with Crippen molar-refractivity contribution in [1.29, 1.82) is 0 Å². The zero-order valence-corrected chi connectivity index (χ0v) is 8.68. The van der Waals surface area contributed by atoms with Crippen molar-refractivity contribution >= 4 is 0 Å². The lowest BCUT2D eigenvalue weighted by Crippen LogP contribution is -2.36. The van der Waals surface area contributed by atoms with Crippen molar-refractivity contribution in [3.63, 3.8) is 0 Å². The van der Waals surface area contributed by atoms with Gasteiger partial charge in [-0.3, -0.25) is 0 Å². The molecule has 1 atom stereocenters. The van der Waals surface area contributed by atoms with Crippen LogP contribution in [0.5, 0.6) is 0 Å². The number of allylic oxidation sites excluding steroid dienone is 1. The van der Waals surface area contributed by atoms with Crippen LogP contribution in [-0.2, 0) is 4.74 Å². The monoisotopic (exact) mass is 184 g/mol. The van der Waals surface area contributed by atoms with Crippen molar-refractivity contribution in [3.05, 3.63) is 11.6 Å². The topological polar surface area (TPSA) is 29.5 Å². The molecule has 1 rings (SSSR count). The molecule has 0 heterocycles. The molecule has 2 nitrogen and oxygen atoms in total. The Bertz CT molecular complexity index is 187. The SMILES string of the molecule is CCC(O)(COC)C1=CCCCC1. The van der Waals surface area contributed by atoms with Crippen LogP contribution < -0.4 is 0 Å². The Hall–Kier alpha value is -0.340. The molecule has 2 heteroatoms. The lowest BCUT2D eigenvalue weighted by Gasteiger charge is -2.31. The third-order valence-electron chi connectivity index (χ3n) is 2.86. The minimum absolute atomic E-state index is 0.426. The quantitative estimate of drug-likeness (QED) is 0.679. The molecule has 0 aliphatic heterocycles. The molecule has 0 amide bonds. The minimum Gasteiger partial charge on any atom is -0.383 e. The highest BCUT2D eigenvalue weighted by atomic mass is 16.5. The van der Waals surface area contributed by atoms with Gasteiger partial charge in [0.25, 0.3) is 0 Å². The van der Waals surface area contributed by atoms with Crippen molar-refractivity contribution in [1.82, 2.24) is 0 Å². The first kappa shape index (κ1) is 10.7. The summed E-state index contributed by atoms with van der Waals surface area (Å²) in [5.74, 6) is 0. The Labute approximate surface area is 80.6 Å². The van der Waals surface area contributed by atoms with E-state index in [-0.39, 0.29) is 0 Å². The zero-order chi connectivity index (χ0) is 9.73. The molecule has 0 spiro atoms. The first-order chi connectivity index (χ1) is 6.23. The van der Waals surface area contributed by atoms with Crippen LogP contribution in [0.3, 0.4) is 0 Å². The van der Waals surface area contributed by atoms with Crippen molar-refractivity contribution in [2.45, 2.75) is 44.6 Å². The van der Waals surface area contributed by atoms with E-state index in [1.807, 2.05) is 6.92 Å². The fraction of sp³-hybridized carbons (Fsp3) is 0.818. The maximum Gasteiger partial charge on any atom is 0.109 e. The summed E-state index contributed by atoms with van der Waals surface area (Å²) in [6.07, 6.45) is 7.54. The molecule has 0 radical (unpaired) electrons. The molecule has 1 N–H and O–H groups in total. The molecule has 0 aromatic rings. The van der Waals surface area contributed by atoms with Crippen molar-refractivity contribution < 1.29 is 9.84 Å². The normalized spacial score (nSPS) is 22.2. The molecule has 0 aromatic heterocycles. The molecule has 1 aliphatic carbocycles. The molecular formula is C11H20O2. The molecule has 0 saturated heterocycles. The molecule has 0 saturated carbocycles. The van der Waals surface area contributed by atoms with E-state index >= 15 is 0 Å². The Kier molecular flexibility index (Phi) is 3.94. The van der Waals surface area contributed by atoms with Crippen LogP contribution in [0.25, 0.3) is 0 Å². The summed E-state index contributed by atoms with van der Waals surface area (Å²) in [7, 11) is 1.64. The first-order valence-electron chi connectivity index (χ1n) is 5.14. The first-order valence-corrected chi connectivity index (χ1v) is 5.14. The molecule has 0 fully saturated rings. The molecular weight excluding hydrogens is 164 g/mol. The van der Waals surface area contributed by atoms with E-state index in [9.17, 15) is 5.11 Å². The van der Waals surface area contributed by atoms with Crippen LogP contribution >= 0.6 is 0 Å². The summed E-state index contributed by atoms with van der Waals surface area (Å²) in [5.41, 5.74) is 0.484. The van der Waals surface area contributed by atoms with Gasteiger partial charge in [-0.2, -0.15) is 0 Å². The highest BCUT2D eigenvalue weighted by Crippen LogP contribution is 2.29. The average Bonchev–Trinajstić information content (AvgIpc) is 2.19. The van der Waals surface area contributed by atoms with Crippen LogP contribution in [0.4, 0.5) is 0 Å². The Morgan fingerprint density at radius 3 is 2.77 bits per heavy atom. The maximum absolute atomic E-state index is 10.3. The van der Waals surface area contributed by atoms with Gasteiger partial charge in [-0.1, -0.05) is 13.0 Å². The van der Waals surface area contributed by atoms with Crippen molar-refractivity contribution in [2.24, 2.45) is 0 Å². The Balaban J connectivity index is 2.68. The van der Waals surface area contributed by atoms with Crippen LogP contribution in [0.1, 0.15) is 39.0 Å². The molecule has 1 aliphatic rings. The molecule has 76 valence electrons. The van der Waals surface area contributed by atoms with Gasteiger partial charge in [-0.15, -0.1) is 0 Å². The van der Waals surface area contributed by atoms with Crippen molar-refractivity contribution in [3.8, 4) is 0 Å². The van der Waals surface area contributed by atoms with Crippen molar-refractivity contribution in [2.75, 3.05) is 13.7 Å². The van der Waals surface area contributed by atoms with Gasteiger partial charge in [0.1, 0.15) is 5.60 Å². The minimum atomic E-state index is -0.699. The number of ether oxygens (including phenoxy) is 1. The van der Waals surface area contributed by atoms with Gasteiger partial charge in [-0.25, -0.2) is 0 Å². The van der Waals surface area contributed by atoms with E-state index < -0.39 is 5.60 Å². The van der Waals surface area contributed by atoms with Gasteiger partial charge in [0.05, 0.1) is 6.61 Å². The van der Waals surface area contributed by atoms with E-state index in [0.717, 1.165) is 19.3 Å². The summed E-state index contributed by atoms with van der Waals surface area (Å²) in [5, 5.41) is 10.3. The zero-order valence-electron chi connectivity index (χ0n) is 8.68. The van der Waals surface area contributed by atoms with E-state index in [2.05, 4.69) is 6.08 Å². The standard InChI is InChI=1S/C11H20O2/c1-3-11(12,9-13-2)10-7-5-4-6-8-10/h7,12H,3-6,8-9H2,1-2H3. The van der Waals surface area contributed by atoms with E-state index in [1.54, 1.807) is 7.11 Å². The lowest BCUT2D eigenvalue weighted by molar-refractivity contribution is -0.00861. The van der Waals surface area contributed by atoms with Gasteiger partial charge in [-0.05, 0) is 37.7 Å². The van der Waals surface area contributed by atoms with Crippen LogP contribution in [0, 0.1) is 0 Å². The summed E-state index contributed by atoms with van der Waals surface area (Å²) in [4.78, 5) is 0. The van der Waals surface area contributed by atoms with Crippen LogP contribution in [0.15, 0.2) is 11.6 Å². The van der Waals surface area contributed by atoms with E-state index in [4.69, 9.17) is 4.74 Å². The number of aliphatic hydroxyl groups is 1. The number of rotatable bonds is 4. The maximum atomic E-state index is 10.3. The molecule has 0 bridgehead atoms. The lowest BCUT2D eigenvalue weighted by atomic mass is 9.84. The van der Waals surface area contributed by atoms with Gasteiger partial charge < -0.3 is 9.84 Å². The van der Waals surface area contributed by atoms with E-state index in [1.165, 1.54) is 18.4 Å². The van der Waals surface area contributed by atoms with Gasteiger partial charge in [0.2, 0.25) is 0 Å². The van der Waals surface area contributed by atoms with Crippen LogP contribution in [-0.4, -0.2) is 24.4 Å². The summed E-state index contributed by atoms with van der Waals surface area (Å²) in [6, 6.07) is 0. The second-order valence-corrected chi connectivity index (χ2v) is 3.79. The smallest absolute Gasteiger partial charge is 0.109 e. The summed E-state index contributed by atoms with van der Waals surface area (Å²) in [6.45, 7) is 2.43. The fourth-order valence-corrected chi connectivity index (χ4v) is 1.92. The Morgan fingerprint density at radius 1 is 1.54 bits per heavy atom. The predicted octanol–water partition coefficient (Wildman–Crippen LogP) is 2.27. The third kappa shape index (κ3) is 2.55. The number of hydrogen-bond donors (Lipinski definition) is 1. The highest BCUT2D eigenvalue weighted by Gasteiger charge is 2.29. The number of hydrogen-bond acceptors (Lipinski definition) is 2. The highest BCUT2D eigenvalue weighted by molar-refractivity contribution is 5.18. The van der Waals surface area contributed by atoms with E-state index in [0.29, 0.717) is 6.61 Å². The third-order valence-corrected chi connectivity index (χ3v) is 2.86. The second-order valence-electron chi connectivity index (χ2n) is 3.79. The average molecular weight is 184 g/mol. The van der Waals surface area contributed by atoms with Gasteiger partial charge in [0.15, 0.2) is 0 Å².